The van der Waals surface area contributed by atoms with Gasteiger partial charge in [0, 0.05) is 25.1 Å². The van der Waals surface area contributed by atoms with Crippen LogP contribution in [0.2, 0.25) is 0 Å². The number of hydrogen-bond donors (Lipinski definition) is 0. The van der Waals surface area contributed by atoms with Gasteiger partial charge in [-0.25, -0.2) is 8.42 Å². The highest BCUT2D eigenvalue weighted by Crippen LogP contribution is 2.28. The summed E-state index contributed by atoms with van der Waals surface area (Å²) >= 11 is 1.56. The second-order valence-electron chi connectivity index (χ2n) is 9.39. The van der Waals surface area contributed by atoms with Crippen molar-refractivity contribution in [1.29, 1.82) is 0 Å². The Kier molecular flexibility index (Phi) is 10.9. The van der Waals surface area contributed by atoms with Gasteiger partial charge in [0.2, 0.25) is 15.9 Å². The molecule has 0 fully saturated rings. The molecule has 1 amide bonds. The number of sulfonamides is 1. The second kappa shape index (κ2) is 13.9. The van der Waals surface area contributed by atoms with Gasteiger partial charge in [-0.2, -0.15) is 4.31 Å². The molecule has 0 aliphatic heterocycles. The molecule has 0 radical (unpaired) electrons. The minimum atomic E-state index is -3.95. The van der Waals surface area contributed by atoms with Crippen LogP contribution in [0.4, 0.5) is 0 Å². The topological polar surface area (TPSA) is 85.4 Å². The maximum atomic E-state index is 13.9. The third-order valence-electron chi connectivity index (χ3n) is 6.46. The van der Waals surface area contributed by atoms with E-state index in [9.17, 15) is 13.2 Å². The number of hydrogen-bond acceptors (Lipinski definition) is 7. The van der Waals surface area contributed by atoms with Crippen LogP contribution in [-0.4, -0.2) is 71.1 Å². The zero-order valence-corrected chi connectivity index (χ0v) is 25.2. The molecule has 0 N–H and O–H groups in total. The summed E-state index contributed by atoms with van der Waals surface area (Å²) in [6.07, 6.45) is 0.568. The predicted molar refractivity (Wildman–Crippen MR) is 154 cm³/mol. The minimum Gasteiger partial charge on any atom is -0.493 e. The Hall–Kier alpha value is -2.92. The summed E-state index contributed by atoms with van der Waals surface area (Å²) in [5.74, 6) is 0.978. The van der Waals surface area contributed by atoms with Gasteiger partial charge in [0.15, 0.2) is 11.5 Å². The van der Waals surface area contributed by atoms with Crippen molar-refractivity contribution in [3.8, 4) is 11.5 Å². The highest BCUT2D eigenvalue weighted by atomic mass is 32.2. The Labute approximate surface area is 236 Å². The maximum Gasteiger partial charge on any atom is 0.244 e. The monoisotopic (exact) mass is 574 g/mol. The van der Waals surface area contributed by atoms with Crippen molar-refractivity contribution in [2.75, 3.05) is 47.6 Å². The summed E-state index contributed by atoms with van der Waals surface area (Å²) < 4.78 is 44.9. The van der Waals surface area contributed by atoms with Crippen LogP contribution in [0, 0.1) is 20.8 Å². The molecular formula is C29H38N2O6S2. The molecule has 0 bridgehead atoms. The fourth-order valence-electron chi connectivity index (χ4n) is 4.61. The molecule has 1 heterocycles. The summed E-state index contributed by atoms with van der Waals surface area (Å²) in [6.45, 7) is 6.27. The third kappa shape index (κ3) is 7.82. The van der Waals surface area contributed by atoms with Crippen molar-refractivity contribution in [1.82, 2.24) is 9.21 Å². The number of amides is 1. The van der Waals surface area contributed by atoms with Gasteiger partial charge >= 0.3 is 0 Å². The van der Waals surface area contributed by atoms with Gasteiger partial charge < -0.3 is 19.1 Å². The number of benzene rings is 2. The Morgan fingerprint density at radius 1 is 0.923 bits per heavy atom. The predicted octanol–water partition coefficient (Wildman–Crippen LogP) is 4.60. The number of carbonyl (C=O) groups is 1. The number of rotatable bonds is 14. The zero-order valence-electron chi connectivity index (χ0n) is 23.5. The first-order chi connectivity index (χ1) is 18.6. The first kappa shape index (κ1) is 30.6. The lowest BCUT2D eigenvalue weighted by Crippen LogP contribution is -2.44. The Morgan fingerprint density at radius 3 is 2.21 bits per heavy atom. The molecule has 8 nitrogen and oxygen atoms in total. The quantitative estimate of drug-likeness (QED) is 0.280. The first-order valence-electron chi connectivity index (χ1n) is 12.7. The van der Waals surface area contributed by atoms with Gasteiger partial charge in [0.25, 0.3) is 0 Å². The molecule has 0 saturated heterocycles. The van der Waals surface area contributed by atoms with Crippen molar-refractivity contribution in [3.05, 3.63) is 75.0 Å². The molecule has 0 atom stereocenters. The SMILES string of the molecule is COCCN(CC(=O)N(CCc1ccc(OC)c(OC)c1)Cc1cccs1)S(=O)(=O)c1c(C)cc(C)cc1C. The smallest absolute Gasteiger partial charge is 0.244 e. The van der Waals surface area contributed by atoms with Crippen LogP contribution in [0.15, 0.2) is 52.7 Å². The maximum absolute atomic E-state index is 13.9. The molecular weight excluding hydrogens is 536 g/mol. The molecule has 0 spiro atoms. The average Bonchev–Trinajstić information content (AvgIpc) is 3.40. The molecule has 0 aliphatic rings. The van der Waals surface area contributed by atoms with Crippen LogP contribution in [0.25, 0.3) is 0 Å². The number of aryl methyl sites for hydroxylation is 3. The molecule has 3 aromatic rings. The Bertz CT molecular complexity index is 1330. The lowest BCUT2D eigenvalue weighted by Gasteiger charge is -2.28. The third-order valence-corrected chi connectivity index (χ3v) is 9.47. The average molecular weight is 575 g/mol. The van der Waals surface area contributed by atoms with Crippen LogP contribution in [0.1, 0.15) is 27.1 Å². The highest BCUT2D eigenvalue weighted by Gasteiger charge is 2.31. The number of methoxy groups -OCH3 is 3. The fourth-order valence-corrected chi connectivity index (χ4v) is 7.12. The molecule has 3 rings (SSSR count). The van der Waals surface area contributed by atoms with Crippen molar-refractivity contribution in [2.24, 2.45) is 0 Å². The summed E-state index contributed by atoms with van der Waals surface area (Å²) in [7, 11) is 0.737. The van der Waals surface area contributed by atoms with Crippen molar-refractivity contribution < 1.29 is 27.4 Å². The van der Waals surface area contributed by atoms with Crippen LogP contribution in [0.3, 0.4) is 0 Å². The van der Waals surface area contributed by atoms with Crippen LogP contribution in [0.5, 0.6) is 11.5 Å². The summed E-state index contributed by atoms with van der Waals surface area (Å²) in [5, 5.41) is 1.96. The largest absolute Gasteiger partial charge is 0.493 e. The van der Waals surface area contributed by atoms with Crippen molar-refractivity contribution >= 4 is 27.3 Å². The van der Waals surface area contributed by atoms with Gasteiger partial charge in [-0.05, 0) is 67.5 Å². The van der Waals surface area contributed by atoms with E-state index in [0.717, 1.165) is 16.0 Å². The van der Waals surface area contributed by atoms with E-state index in [0.29, 0.717) is 42.1 Å². The van der Waals surface area contributed by atoms with E-state index in [2.05, 4.69) is 0 Å². The van der Waals surface area contributed by atoms with Gasteiger partial charge in [-0.15, -0.1) is 11.3 Å². The number of nitrogens with zero attached hydrogens (tertiary/aromatic N) is 2. The summed E-state index contributed by atoms with van der Waals surface area (Å²) in [5.41, 5.74) is 3.28. The Morgan fingerprint density at radius 2 is 1.62 bits per heavy atom. The Balaban J connectivity index is 1.88. The summed E-state index contributed by atoms with van der Waals surface area (Å²) in [4.78, 5) is 16.7. The van der Waals surface area contributed by atoms with Crippen LogP contribution in [-0.2, 0) is 32.5 Å². The molecule has 0 unspecified atom stereocenters. The normalized spacial score (nSPS) is 11.6. The van der Waals surface area contributed by atoms with E-state index < -0.39 is 10.0 Å². The molecule has 10 heteroatoms. The molecule has 0 saturated carbocycles. The van der Waals surface area contributed by atoms with Crippen molar-refractivity contribution in [3.63, 3.8) is 0 Å². The van der Waals surface area contributed by atoms with Gasteiger partial charge in [-0.3, -0.25) is 4.79 Å². The molecule has 39 heavy (non-hydrogen) atoms. The van der Waals surface area contributed by atoms with Gasteiger partial charge in [-0.1, -0.05) is 29.8 Å². The standard InChI is InChI=1S/C29H38N2O6S2/c1-21-16-22(2)29(23(3)17-21)39(33,34)31(13-14-35-4)20-28(32)30(19-25-8-7-15-38-25)12-11-24-9-10-26(36-5)27(18-24)37-6/h7-10,15-18H,11-14,19-20H2,1-6H3. The van der Waals surface area contributed by atoms with Crippen LogP contribution >= 0.6 is 11.3 Å². The van der Waals surface area contributed by atoms with Gasteiger partial charge in [0.05, 0.1) is 38.8 Å². The number of thiophene rings is 1. The molecule has 212 valence electrons. The number of ether oxygens (including phenoxy) is 3. The lowest BCUT2D eigenvalue weighted by molar-refractivity contribution is -0.132. The highest BCUT2D eigenvalue weighted by molar-refractivity contribution is 7.89. The molecule has 2 aromatic carbocycles. The fraction of sp³-hybridized carbons (Fsp3) is 0.414. The van der Waals surface area contributed by atoms with E-state index >= 15 is 0 Å². The van der Waals surface area contributed by atoms with E-state index in [1.54, 1.807) is 44.3 Å². The zero-order chi connectivity index (χ0) is 28.6. The lowest BCUT2D eigenvalue weighted by atomic mass is 10.1. The van der Waals surface area contributed by atoms with E-state index in [4.69, 9.17) is 14.2 Å². The van der Waals surface area contributed by atoms with E-state index in [-0.39, 0.29) is 30.5 Å². The molecule has 1 aromatic heterocycles. The second-order valence-corrected chi connectivity index (χ2v) is 12.3. The van der Waals surface area contributed by atoms with E-state index in [1.807, 2.05) is 54.8 Å². The van der Waals surface area contributed by atoms with E-state index in [1.165, 1.54) is 11.4 Å². The minimum absolute atomic E-state index is 0.0693. The van der Waals surface area contributed by atoms with Gasteiger partial charge in [0.1, 0.15) is 0 Å². The summed E-state index contributed by atoms with van der Waals surface area (Å²) in [6, 6.07) is 13.3. The molecule has 0 aliphatic carbocycles. The first-order valence-corrected chi connectivity index (χ1v) is 15.0. The number of carbonyl (C=O) groups excluding carboxylic acids is 1. The van der Waals surface area contributed by atoms with Crippen molar-refractivity contribution in [2.45, 2.75) is 38.6 Å². The van der Waals surface area contributed by atoms with Crippen LogP contribution < -0.4 is 9.47 Å².